The van der Waals surface area contributed by atoms with E-state index in [2.05, 4.69) is 217 Å². The fraction of sp³-hybridized carbons (Fsp3) is 0.0182. The first-order valence-corrected chi connectivity index (χ1v) is 19.7. The Labute approximate surface area is 333 Å². The van der Waals surface area contributed by atoms with Gasteiger partial charge >= 0.3 is 0 Å². The minimum Gasteiger partial charge on any atom is -0.355 e. The quantitative estimate of drug-likeness (QED) is 0.187. The maximum absolute atomic E-state index is 3.66. The molecule has 2 nitrogen and oxygen atoms in total. The van der Waals surface area contributed by atoms with Crippen molar-refractivity contribution in [1.82, 2.24) is 4.57 Å². The summed E-state index contributed by atoms with van der Waals surface area (Å²) in [5.41, 5.74) is 21.8. The molecule has 10 aromatic rings. The first-order valence-electron chi connectivity index (χ1n) is 19.7. The predicted molar refractivity (Wildman–Crippen MR) is 241 cm³/mol. The highest BCUT2D eigenvalue weighted by molar-refractivity contribution is 6.11. The molecule has 1 N–H and O–H groups in total. The number of nitrogens with zero attached hydrogens (tertiary/aromatic N) is 1. The lowest BCUT2D eigenvalue weighted by molar-refractivity contribution is 1.18. The van der Waals surface area contributed by atoms with Crippen molar-refractivity contribution in [2.75, 3.05) is 5.32 Å². The Kier molecular flexibility index (Phi) is 7.75. The third-order valence-electron chi connectivity index (χ3n) is 11.7. The van der Waals surface area contributed by atoms with Crippen LogP contribution in [0.2, 0.25) is 0 Å². The Hall–Kier alpha value is -7.42. The average Bonchev–Trinajstić information content (AvgIpc) is 3.60. The number of anilines is 2. The molecular formula is C55H38N2. The molecule has 0 radical (unpaired) electrons. The van der Waals surface area contributed by atoms with E-state index in [0.717, 1.165) is 17.1 Å². The van der Waals surface area contributed by atoms with E-state index in [1.54, 1.807) is 0 Å². The van der Waals surface area contributed by atoms with E-state index in [1.807, 2.05) is 6.07 Å². The normalized spacial score (nSPS) is 11.6. The van der Waals surface area contributed by atoms with Gasteiger partial charge in [-0.25, -0.2) is 0 Å². The lowest BCUT2D eigenvalue weighted by Gasteiger charge is -2.24. The van der Waals surface area contributed by atoms with Gasteiger partial charge in [0.1, 0.15) is 0 Å². The monoisotopic (exact) mass is 726 g/mol. The lowest BCUT2D eigenvalue weighted by Crippen LogP contribution is -1.99. The van der Waals surface area contributed by atoms with E-state index in [0.29, 0.717) is 0 Å². The third kappa shape index (κ3) is 5.49. The minimum absolute atomic E-state index is 1.07. The molecule has 1 aliphatic carbocycles. The largest absolute Gasteiger partial charge is 0.355 e. The summed E-state index contributed by atoms with van der Waals surface area (Å²) in [4.78, 5) is 0. The summed E-state index contributed by atoms with van der Waals surface area (Å²) in [5.74, 6) is 0. The molecule has 1 aromatic heterocycles. The second-order valence-electron chi connectivity index (χ2n) is 15.0. The summed E-state index contributed by atoms with van der Waals surface area (Å²) >= 11 is 0. The van der Waals surface area contributed by atoms with Crippen LogP contribution in [0.4, 0.5) is 11.4 Å². The standard InChI is InChI=1S/C55H38N2/c1-36-27-28-37(33-50(36)48-23-11-13-25-53(48)56-39-15-3-2-4-16-39)38-29-32-55-52(34-38)49-24-12-14-26-54(49)57(55)40-30-31-47-45-21-8-7-19-43(45)41-17-5-6-18-42(41)44-20-9-10-22-46(44)51(47)35-40/h2-35,56H,1H3. The molecule has 1 aliphatic rings. The fourth-order valence-electron chi connectivity index (χ4n) is 9.01. The van der Waals surface area contributed by atoms with Crippen LogP contribution in [-0.2, 0) is 0 Å². The summed E-state index contributed by atoms with van der Waals surface area (Å²) in [7, 11) is 0. The molecule has 0 spiro atoms. The van der Waals surface area contributed by atoms with E-state index in [1.165, 1.54) is 94.1 Å². The first kappa shape index (κ1) is 33.0. The zero-order chi connectivity index (χ0) is 37.9. The Balaban J connectivity index is 1.07. The topological polar surface area (TPSA) is 17.0 Å². The van der Waals surface area contributed by atoms with E-state index in [4.69, 9.17) is 0 Å². The van der Waals surface area contributed by atoms with Crippen LogP contribution in [0.5, 0.6) is 0 Å². The predicted octanol–water partition coefficient (Wildman–Crippen LogP) is 15.2. The van der Waals surface area contributed by atoms with Gasteiger partial charge in [-0.05, 0) is 128 Å². The average molecular weight is 727 g/mol. The summed E-state index contributed by atoms with van der Waals surface area (Å²) in [5, 5.41) is 6.14. The summed E-state index contributed by atoms with van der Waals surface area (Å²) in [6.45, 7) is 2.20. The Bertz CT molecular complexity index is 3160. The molecule has 2 heteroatoms. The minimum atomic E-state index is 1.07. The molecule has 0 bridgehead atoms. The molecule has 0 unspecified atom stereocenters. The SMILES string of the molecule is Cc1ccc(-c2ccc3c(c2)c2ccccc2n3-c2ccc3c(c2)-c2ccccc2-c2ccccc2-c2ccccc2-3)cc1-c1ccccc1Nc1ccccc1. The number of nitrogens with one attached hydrogen (secondary N) is 1. The van der Waals surface area contributed by atoms with Crippen LogP contribution in [0.15, 0.2) is 206 Å². The van der Waals surface area contributed by atoms with Crippen molar-refractivity contribution in [2.24, 2.45) is 0 Å². The van der Waals surface area contributed by atoms with Crippen molar-refractivity contribution >= 4 is 33.2 Å². The van der Waals surface area contributed by atoms with Crippen molar-refractivity contribution in [3.63, 3.8) is 0 Å². The first-order chi connectivity index (χ1) is 28.2. The molecule has 0 aliphatic heterocycles. The molecule has 57 heavy (non-hydrogen) atoms. The molecule has 11 rings (SSSR count). The van der Waals surface area contributed by atoms with Crippen molar-refractivity contribution in [3.05, 3.63) is 212 Å². The number of aromatic nitrogens is 1. The van der Waals surface area contributed by atoms with Gasteiger partial charge in [-0.15, -0.1) is 0 Å². The maximum Gasteiger partial charge on any atom is 0.0541 e. The van der Waals surface area contributed by atoms with Crippen molar-refractivity contribution < 1.29 is 0 Å². The number of benzene rings is 9. The molecule has 268 valence electrons. The van der Waals surface area contributed by atoms with Gasteiger partial charge in [-0.1, -0.05) is 152 Å². The van der Waals surface area contributed by atoms with Gasteiger partial charge in [0.05, 0.1) is 11.0 Å². The van der Waals surface area contributed by atoms with Crippen LogP contribution in [0.1, 0.15) is 5.56 Å². The van der Waals surface area contributed by atoms with Gasteiger partial charge in [0.15, 0.2) is 0 Å². The number of para-hydroxylation sites is 3. The van der Waals surface area contributed by atoms with E-state index < -0.39 is 0 Å². The highest BCUT2D eigenvalue weighted by Crippen LogP contribution is 2.48. The Morgan fingerprint density at radius 2 is 0.842 bits per heavy atom. The van der Waals surface area contributed by atoms with Crippen LogP contribution in [0, 0.1) is 6.92 Å². The van der Waals surface area contributed by atoms with Gasteiger partial charge in [0, 0.05) is 33.4 Å². The van der Waals surface area contributed by atoms with Crippen molar-refractivity contribution in [2.45, 2.75) is 6.92 Å². The molecule has 0 saturated heterocycles. The van der Waals surface area contributed by atoms with Gasteiger partial charge < -0.3 is 9.88 Å². The van der Waals surface area contributed by atoms with E-state index in [9.17, 15) is 0 Å². The number of rotatable bonds is 5. The number of hydrogen-bond acceptors (Lipinski definition) is 1. The second kappa shape index (κ2) is 13.4. The Morgan fingerprint density at radius 1 is 0.333 bits per heavy atom. The van der Waals surface area contributed by atoms with Crippen LogP contribution < -0.4 is 5.32 Å². The van der Waals surface area contributed by atoms with E-state index in [-0.39, 0.29) is 0 Å². The van der Waals surface area contributed by atoms with Crippen LogP contribution in [0.25, 0.3) is 94.3 Å². The van der Waals surface area contributed by atoms with Crippen molar-refractivity contribution in [3.8, 4) is 72.4 Å². The molecule has 0 amide bonds. The van der Waals surface area contributed by atoms with Gasteiger partial charge in [-0.3, -0.25) is 0 Å². The molecule has 1 heterocycles. The van der Waals surface area contributed by atoms with Crippen LogP contribution in [0.3, 0.4) is 0 Å². The van der Waals surface area contributed by atoms with Gasteiger partial charge in [0.2, 0.25) is 0 Å². The maximum atomic E-state index is 3.66. The van der Waals surface area contributed by atoms with Crippen LogP contribution >= 0.6 is 0 Å². The summed E-state index contributed by atoms with van der Waals surface area (Å²) in [6.07, 6.45) is 0. The molecule has 0 fully saturated rings. The Morgan fingerprint density at radius 3 is 1.53 bits per heavy atom. The van der Waals surface area contributed by atoms with Crippen molar-refractivity contribution in [1.29, 1.82) is 0 Å². The molecule has 0 atom stereocenters. The zero-order valence-electron chi connectivity index (χ0n) is 31.6. The van der Waals surface area contributed by atoms with Crippen LogP contribution in [-0.4, -0.2) is 4.57 Å². The zero-order valence-corrected chi connectivity index (χ0v) is 31.6. The molecule has 9 aromatic carbocycles. The number of hydrogen-bond donors (Lipinski definition) is 1. The second-order valence-corrected chi connectivity index (χ2v) is 15.0. The molecular weight excluding hydrogens is 689 g/mol. The fourth-order valence-corrected chi connectivity index (χ4v) is 9.01. The highest BCUT2D eigenvalue weighted by Gasteiger charge is 2.23. The number of fused-ring (bicyclic) bond motifs is 11. The summed E-state index contributed by atoms with van der Waals surface area (Å²) in [6, 6.07) is 75.3. The van der Waals surface area contributed by atoms with E-state index >= 15 is 0 Å². The van der Waals surface area contributed by atoms with Gasteiger partial charge in [0.25, 0.3) is 0 Å². The highest BCUT2D eigenvalue weighted by atomic mass is 15.0. The number of aryl methyl sites for hydroxylation is 1. The lowest BCUT2D eigenvalue weighted by atomic mass is 9.81. The third-order valence-corrected chi connectivity index (χ3v) is 11.7. The van der Waals surface area contributed by atoms with Gasteiger partial charge in [-0.2, -0.15) is 0 Å². The molecule has 0 saturated carbocycles. The summed E-state index contributed by atoms with van der Waals surface area (Å²) < 4.78 is 2.45. The smallest absolute Gasteiger partial charge is 0.0541 e.